The lowest BCUT2D eigenvalue weighted by Crippen LogP contribution is -2.49. The van der Waals surface area contributed by atoms with E-state index in [1.807, 2.05) is 13.0 Å². The molecule has 1 aliphatic heterocycles. The smallest absolute Gasteiger partial charge is 0.337 e. The average molecular weight is 234 g/mol. The number of fused-ring (bicyclic) bond motifs is 1. The molecule has 1 aliphatic rings. The van der Waals surface area contributed by atoms with Gasteiger partial charge in [-0.3, -0.25) is 0 Å². The maximum absolute atomic E-state index is 11.2. The largest absolute Gasteiger partial charge is 0.478 e. The monoisotopic (exact) mass is 234 g/mol. The van der Waals surface area contributed by atoms with E-state index in [2.05, 4.69) is 24.1 Å². The van der Waals surface area contributed by atoms with Gasteiger partial charge in [0.05, 0.1) is 16.9 Å². The number of carboxylic acids is 1. The van der Waals surface area contributed by atoms with Crippen LogP contribution in [0, 0.1) is 0 Å². The van der Waals surface area contributed by atoms with E-state index in [1.54, 1.807) is 12.1 Å². The molecule has 0 radical (unpaired) electrons. The number of benzene rings is 1. The molecular weight excluding hydrogens is 216 g/mol. The minimum Gasteiger partial charge on any atom is -0.478 e. The van der Waals surface area contributed by atoms with Crippen LogP contribution in [0.5, 0.6) is 0 Å². The third-order valence-electron chi connectivity index (χ3n) is 3.02. The number of hydrogen-bond acceptors (Lipinski definition) is 3. The predicted molar refractivity (Wildman–Crippen MR) is 69.0 cm³/mol. The molecule has 2 N–H and O–H groups in total. The van der Waals surface area contributed by atoms with E-state index in [1.165, 1.54) is 0 Å². The Morgan fingerprint density at radius 1 is 1.53 bits per heavy atom. The molecule has 0 saturated heterocycles. The molecule has 1 aromatic rings. The highest BCUT2D eigenvalue weighted by molar-refractivity contribution is 5.99. The lowest BCUT2D eigenvalue weighted by molar-refractivity contribution is 0.0697. The quantitative estimate of drug-likeness (QED) is 0.825. The molecular formula is C13H18N2O2. The third kappa shape index (κ3) is 2.07. The predicted octanol–water partition coefficient (Wildman–Crippen LogP) is 2.42. The van der Waals surface area contributed by atoms with E-state index < -0.39 is 5.97 Å². The van der Waals surface area contributed by atoms with E-state index in [0.717, 1.165) is 24.5 Å². The first kappa shape index (κ1) is 11.8. The number of rotatable bonds is 2. The maximum Gasteiger partial charge on any atom is 0.337 e. The summed E-state index contributed by atoms with van der Waals surface area (Å²) in [7, 11) is 0. The van der Waals surface area contributed by atoms with Gasteiger partial charge in [-0.2, -0.15) is 0 Å². The molecule has 0 fully saturated rings. The number of aromatic carboxylic acids is 1. The molecule has 1 heterocycles. The zero-order valence-corrected chi connectivity index (χ0v) is 10.4. The first-order valence-electron chi connectivity index (χ1n) is 5.84. The van der Waals surface area contributed by atoms with Gasteiger partial charge in [-0.05, 0) is 32.9 Å². The van der Waals surface area contributed by atoms with Crippen molar-refractivity contribution < 1.29 is 9.90 Å². The van der Waals surface area contributed by atoms with Crippen LogP contribution >= 0.6 is 0 Å². The Labute approximate surface area is 101 Å². The number of nitrogens with zero attached hydrogens (tertiary/aromatic N) is 1. The van der Waals surface area contributed by atoms with Crippen LogP contribution in [0.25, 0.3) is 0 Å². The Morgan fingerprint density at radius 2 is 2.24 bits per heavy atom. The second kappa shape index (κ2) is 3.95. The minimum atomic E-state index is -0.873. The molecule has 17 heavy (non-hydrogen) atoms. The minimum absolute atomic E-state index is 0.0415. The highest BCUT2D eigenvalue weighted by Gasteiger charge is 2.31. The van der Waals surface area contributed by atoms with Crippen molar-refractivity contribution in [2.24, 2.45) is 0 Å². The van der Waals surface area contributed by atoms with Gasteiger partial charge < -0.3 is 15.3 Å². The average Bonchev–Trinajstić information content (AvgIpc) is 2.25. The summed E-state index contributed by atoms with van der Waals surface area (Å²) in [5.74, 6) is -0.873. The Bertz CT molecular complexity index is 455. The molecule has 0 aliphatic carbocycles. The number of para-hydroxylation sites is 1. The fourth-order valence-corrected chi connectivity index (χ4v) is 2.39. The standard InChI is InChI=1S/C13H18N2O2/c1-4-15-8-13(2,3)14-10-7-5-6-9(11(10)15)12(16)17/h5-7,14H,4,8H2,1-3H3,(H,16,17). The van der Waals surface area contributed by atoms with Crippen LogP contribution in [0.4, 0.5) is 11.4 Å². The lowest BCUT2D eigenvalue weighted by Gasteiger charge is -2.42. The van der Waals surface area contributed by atoms with E-state index >= 15 is 0 Å². The molecule has 2 rings (SSSR count). The van der Waals surface area contributed by atoms with Gasteiger partial charge in [-0.1, -0.05) is 6.07 Å². The van der Waals surface area contributed by atoms with Crippen LogP contribution in [-0.2, 0) is 0 Å². The summed E-state index contributed by atoms with van der Waals surface area (Å²) < 4.78 is 0. The van der Waals surface area contributed by atoms with E-state index in [-0.39, 0.29) is 5.54 Å². The first-order chi connectivity index (χ1) is 7.94. The maximum atomic E-state index is 11.2. The van der Waals surface area contributed by atoms with Gasteiger partial charge in [0.15, 0.2) is 0 Å². The third-order valence-corrected chi connectivity index (χ3v) is 3.02. The van der Waals surface area contributed by atoms with Gasteiger partial charge in [0, 0.05) is 18.6 Å². The second-order valence-electron chi connectivity index (χ2n) is 5.03. The summed E-state index contributed by atoms with van der Waals surface area (Å²) in [6.45, 7) is 7.89. The van der Waals surface area contributed by atoms with Gasteiger partial charge >= 0.3 is 5.97 Å². The first-order valence-corrected chi connectivity index (χ1v) is 5.84. The molecule has 0 atom stereocenters. The van der Waals surface area contributed by atoms with Crippen molar-refractivity contribution in [3.05, 3.63) is 23.8 Å². The topological polar surface area (TPSA) is 52.6 Å². The summed E-state index contributed by atoms with van der Waals surface area (Å²) in [5.41, 5.74) is 2.04. The number of hydrogen-bond donors (Lipinski definition) is 2. The molecule has 0 saturated carbocycles. The summed E-state index contributed by atoms with van der Waals surface area (Å²) in [6.07, 6.45) is 0. The number of anilines is 2. The van der Waals surface area contributed by atoms with Crippen LogP contribution in [0.1, 0.15) is 31.1 Å². The summed E-state index contributed by atoms with van der Waals surface area (Å²) in [5, 5.41) is 12.6. The molecule has 4 nitrogen and oxygen atoms in total. The van der Waals surface area contributed by atoms with E-state index in [4.69, 9.17) is 0 Å². The Morgan fingerprint density at radius 3 is 2.82 bits per heavy atom. The van der Waals surface area contributed by atoms with Crippen molar-refractivity contribution in [3.8, 4) is 0 Å². The van der Waals surface area contributed by atoms with Crippen LogP contribution in [0.3, 0.4) is 0 Å². The molecule has 0 amide bonds. The van der Waals surface area contributed by atoms with E-state index in [0.29, 0.717) is 5.56 Å². The Kier molecular flexibility index (Phi) is 2.73. The highest BCUT2D eigenvalue weighted by atomic mass is 16.4. The van der Waals surface area contributed by atoms with Gasteiger partial charge in [-0.25, -0.2) is 4.79 Å². The van der Waals surface area contributed by atoms with Crippen LogP contribution in [0.15, 0.2) is 18.2 Å². The zero-order chi connectivity index (χ0) is 12.6. The van der Waals surface area contributed by atoms with Crippen LogP contribution < -0.4 is 10.2 Å². The normalized spacial score (nSPS) is 17.2. The number of carbonyl (C=O) groups is 1. The van der Waals surface area contributed by atoms with E-state index in [9.17, 15) is 9.90 Å². The SMILES string of the molecule is CCN1CC(C)(C)Nc2cccc(C(=O)O)c21. The molecule has 1 aromatic carbocycles. The van der Waals surface area contributed by atoms with Gasteiger partial charge in [-0.15, -0.1) is 0 Å². The summed E-state index contributed by atoms with van der Waals surface area (Å²) in [6, 6.07) is 5.37. The second-order valence-corrected chi connectivity index (χ2v) is 5.03. The Hall–Kier alpha value is -1.71. The zero-order valence-electron chi connectivity index (χ0n) is 10.4. The molecule has 0 bridgehead atoms. The van der Waals surface area contributed by atoms with Gasteiger partial charge in [0.2, 0.25) is 0 Å². The molecule has 0 spiro atoms. The lowest BCUT2D eigenvalue weighted by atomic mass is 9.97. The molecule has 0 unspecified atom stereocenters. The van der Waals surface area contributed by atoms with Crippen molar-refractivity contribution in [2.75, 3.05) is 23.3 Å². The highest BCUT2D eigenvalue weighted by Crippen LogP contribution is 2.37. The van der Waals surface area contributed by atoms with Crippen molar-refractivity contribution in [1.29, 1.82) is 0 Å². The van der Waals surface area contributed by atoms with Crippen molar-refractivity contribution >= 4 is 17.3 Å². The summed E-state index contributed by atoms with van der Waals surface area (Å²) in [4.78, 5) is 13.4. The number of nitrogens with one attached hydrogen (secondary N) is 1. The van der Waals surface area contributed by atoms with Crippen LogP contribution in [0.2, 0.25) is 0 Å². The number of likely N-dealkylation sites (N-methyl/N-ethyl adjacent to an activating group) is 1. The van der Waals surface area contributed by atoms with Crippen LogP contribution in [-0.4, -0.2) is 29.7 Å². The fraction of sp³-hybridized carbons (Fsp3) is 0.462. The number of carboxylic acid groups (broad SMARTS) is 1. The fourth-order valence-electron chi connectivity index (χ4n) is 2.39. The molecule has 92 valence electrons. The van der Waals surface area contributed by atoms with Crippen molar-refractivity contribution in [3.63, 3.8) is 0 Å². The van der Waals surface area contributed by atoms with Gasteiger partial charge in [0.25, 0.3) is 0 Å². The van der Waals surface area contributed by atoms with Crippen molar-refractivity contribution in [1.82, 2.24) is 0 Å². The van der Waals surface area contributed by atoms with Gasteiger partial charge in [0.1, 0.15) is 0 Å². The molecule has 4 heteroatoms. The molecule has 0 aromatic heterocycles. The van der Waals surface area contributed by atoms with Crippen molar-refractivity contribution in [2.45, 2.75) is 26.3 Å². The Balaban J connectivity index is 2.56. The summed E-state index contributed by atoms with van der Waals surface area (Å²) >= 11 is 0.